The average Bonchev–Trinajstić information content (AvgIpc) is 3.19. The molecule has 7 nitrogen and oxygen atoms in total. The van der Waals surface area contributed by atoms with Gasteiger partial charge in [0.05, 0.1) is 11.1 Å². The standard InChI is InChI=1S/C28H26BrNO6/c1-3-13-35-26-23(29)14-17(15-24(26)34-4-2)25(27(31)32)30-28(33)36-16-22-20-11-7-5-9-18(20)19-10-6-8-12-21(19)22/h3,5-12,14-15,22,25H,1,4,13,16H2,2H3,(H,30,33)(H,31,32). The summed E-state index contributed by atoms with van der Waals surface area (Å²) in [5, 5.41) is 12.3. The van der Waals surface area contributed by atoms with Gasteiger partial charge < -0.3 is 24.6 Å². The van der Waals surface area contributed by atoms with E-state index < -0.39 is 18.1 Å². The third-order valence-corrected chi connectivity index (χ3v) is 6.45. The number of hydrogen-bond acceptors (Lipinski definition) is 5. The summed E-state index contributed by atoms with van der Waals surface area (Å²) in [6.07, 6.45) is 0.764. The lowest BCUT2D eigenvalue weighted by atomic mass is 9.98. The van der Waals surface area contributed by atoms with Gasteiger partial charge in [-0.05, 0) is 62.8 Å². The number of hydrogen-bond donors (Lipinski definition) is 2. The Bertz CT molecular complexity index is 1250. The number of amides is 1. The fraction of sp³-hybridized carbons (Fsp3) is 0.214. The second-order valence-corrected chi connectivity index (χ2v) is 8.96. The number of carbonyl (C=O) groups excluding carboxylic acids is 1. The van der Waals surface area contributed by atoms with Crippen LogP contribution in [0, 0.1) is 0 Å². The molecule has 1 aliphatic rings. The number of nitrogens with one attached hydrogen (secondary N) is 1. The molecule has 36 heavy (non-hydrogen) atoms. The minimum atomic E-state index is -1.36. The Morgan fingerprint density at radius 3 is 2.31 bits per heavy atom. The van der Waals surface area contributed by atoms with Crippen LogP contribution in [0.15, 0.2) is 77.8 Å². The maximum Gasteiger partial charge on any atom is 0.408 e. The Morgan fingerprint density at radius 1 is 1.08 bits per heavy atom. The van der Waals surface area contributed by atoms with Crippen molar-refractivity contribution < 1.29 is 28.9 Å². The molecule has 0 heterocycles. The first kappa shape index (κ1) is 25.3. The third kappa shape index (κ3) is 5.23. The lowest BCUT2D eigenvalue weighted by Gasteiger charge is -2.20. The molecule has 0 aromatic heterocycles. The van der Waals surface area contributed by atoms with Crippen LogP contribution < -0.4 is 14.8 Å². The summed E-state index contributed by atoms with van der Waals surface area (Å²) >= 11 is 3.41. The predicted octanol–water partition coefficient (Wildman–Crippen LogP) is 6.08. The molecule has 1 atom stereocenters. The number of benzene rings is 3. The summed E-state index contributed by atoms with van der Waals surface area (Å²) < 4.78 is 17.3. The molecule has 3 aromatic rings. The smallest absolute Gasteiger partial charge is 0.408 e. The molecule has 0 bridgehead atoms. The van der Waals surface area contributed by atoms with Crippen molar-refractivity contribution in [3.05, 3.63) is 94.5 Å². The first-order valence-electron chi connectivity index (χ1n) is 11.5. The number of rotatable bonds is 10. The van der Waals surface area contributed by atoms with Gasteiger partial charge in [0.1, 0.15) is 13.2 Å². The van der Waals surface area contributed by atoms with Crippen molar-refractivity contribution in [1.82, 2.24) is 5.32 Å². The van der Waals surface area contributed by atoms with E-state index in [0.717, 1.165) is 22.3 Å². The van der Waals surface area contributed by atoms with E-state index in [2.05, 4.69) is 27.8 Å². The summed E-state index contributed by atoms with van der Waals surface area (Å²) in [7, 11) is 0. The second-order valence-electron chi connectivity index (χ2n) is 8.10. The van der Waals surface area contributed by atoms with Crippen molar-refractivity contribution in [2.24, 2.45) is 0 Å². The molecule has 0 aliphatic heterocycles. The van der Waals surface area contributed by atoms with Crippen molar-refractivity contribution in [1.29, 1.82) is 0 Å². The Balaban J connectivity index is 1.51. The third-order valence-electron chi connectivity index (χ3n) is 5.86. The van der Waals surface area contributed by atoms with Crippen molar-refractivity contribution >= 4 is 28.0 Å². The zero-order chi connectivity index (χ0) is 25.7. The Hall–Kier alpha value is -3.78. The summed E-state index contributed by atoms with van der Waals surface area (Å²) in [6.45, 7) is 6.11. The van der Waals surface area contributed by atoms with Gasteiger partial charge >= 0.3 is 12.1 Å². The van der Waals surface area contributed by atoms with Crippen molar-refractivity contribution in [2.45, 2.75) is 18.9 Å². The first-order valence-corrected chi connectivity index (χ1v) is 12.3. The van der Waals surface area contributed by atoms with E-state index in [-0.39, 0.29) is 19.1 Å². The summed E-state index contributed by atoms with van der Waals surface area (Å²) in [5.41, 5.74) is 4.66. The molecule has 8 heteroatoms. The van der Waals surface area contributed by atoms with E-state index in [1.54, 1.807) is 12.1 Å². The minimum absolute atomic E-state index is 0.0778. The van der Waals surface area contributed by atoms with Crippen LogP contribution in [-0.4, -0.2) is 37.0 Å². The van der Waals surface area contributed by atoms with E-state index in [4.69, 9.17) is 14.2 Å². The van der Waals surface area contributed by atoms with Crippen molar-refractivity contribution in [2.75, 3.05) is 19.8 Å². The van der Waals surface area contributed by atoms with E-state index >= 15 is 0 Å². The van der Waals surface area contributed by atoms with E-state index in [0.29, 0.717) is 28.1 Å². The van der Waals surface area contributed by atoms with Crippen LogP contribution in [0.1, 0.15) is 35.6 Å². The fourth-order valence-corrected chi connectivity index (χ4v) is 4.92. The van der Waals surface area contributed by atoms with Crippen molar-refractivity contribution in [3.63, 3.8) is 0 Å². The number of carboxylic acids is 1. The molecule has 3 aromatic carbocycles. The first-order chi connectivity index (χ1) is 17.4. The maximum atomic E-state index is 12.7. The van der Waals surface area contributed by atoms with Gasteiger partial charge in [0, 0.05) is 5.92 Å². The zero-order valence-electron chi connectivity index (χ0n) is 19.7. The Labute approximate surface area is 217 Å². The Kier molecular flexibility index (Phi) is 7.95. The number of alkyl carbamates (subject to hydrolysis) is 1. The highest BCUT2D eigenvalue weighted by Crippen LogP contribution is 2.44. The average molecular weight is 552 g/mol. The normalized spacial score (nSPS) is 12.7. The molecule has 186 valence electrons. The number of fused-ring (bicyclic) bond motifs is 3. The van der Waals surface area contributed by atoms with E-state index in [1.165, 1.54) is 6.07 Å². The molecule has 2 N–H and O–H groups in total. The highest BCUT2D eigenvalue weighted by Gasteiger charge is 2.30. The quantitative estimate of drug-likeness (QED) is 0.296. The largest absolute Gasteiger partial charge is 0.490 e. The Morgan fingerprint density at radius 2 is 1.72 bits per heavy atom. The molecular weight excluding hydrogens is 526 g/mol. The lowest BCUT2D eigenvalue weighted by molar-refractivity contribution is -0.139. The maximum absolute atomic E-state index is 12.7. The number of aliphatic carboxylic acids is 1. The summed E-state index contributed by atoms with van der Waals surface area (Å²) in [5.74, 6) is -0.598. The molecule has 1 amide bonds. The highest BCUT2D eigenvalue weighted by molar-refractivity contribution is 9.10. The van der Waals surface area contributed by atoms with Gasteiger partial charge in [-0.1, -0.05) is 61.2 Å². The second kappa shape index (κ2) is 11.3. The molecule has 0 fully saturated rings. The summed E-state index contributed by atoms with van der Waals surface area (Å²) in [6, 6.07) is 17.7. The molecule has 4 rings (SSSR count). The van der Waals surface area contributed by atoms with Crippen LogP contribution in [-0.2, 0) is 9.53 Å². The molecule has 0 saturated carbocycles. The van der Waals surface area contributed by atoms with Crippen molar-refractivity contribution in [3.8, 4) is 22.6 Å². The van der Waals surface area contributed by atoms with Crippen LogP contribution in [0.4, 0.5) is 4.79 Å². The highest BCUT2D eigenvalue weighted by atomic mass is 79.9. The van der Waals surface area contributed by atoms with Gasteiger partial charge in [0.2, 0.25) is 0 Å². The molecular formula is C28H26BrNO6. The topological polar surface area (TPSA) is 94.1 Å². The monoisotopic (exact) mass is 551 g/mol. The zero-order valence-corrected chi connectivity index (χ0v) is 21.3. The number of carboxylic acid groups (broad SMARTS) is 1. The SMILES string of the molecule is C=CCOc1c(Br)cc(C(NC(=O)OCC2c3ccccc3-c3ccccc32)C(=O)O)cc1OCC. The van der Waals surface area contributed by atoms with Gasteiger partial charge in [-0.25, -0.2) is 9.59 Å². The van der Waals surface area contributed by atoms with E-state index in [9.17, 15) is 14.7 Å². The number of ether oxygens (including phenoxy) is 3. The van der Waals surface area contributed by atoms with Crippen LogP contribution in [0.5, 0.6) is 11.5 Å². The molecule has 1 aliphatic carbocycles. The summed E-state index contributed by atoms with van der Waals surface area (Å²) in [4.78, 5) is 24.8. The molecule has 0 saturated heterocycles. The molecule has 0 spiro atoms. The van der Waals surface area contributed by atoms with Crippen LogP contribution in [0.2, 0.25) is 0 Å². The van der Waals surface area contributed by atoms with Gasteiger partial charge in [-0.3, -0.25) is 0 Å². The van der Waals surface area contributed by atoms with E-state index in [1.807, 2.05) is 55.5 Å². The number of carbonyl (C=O) groups is 2. The van der Waals surface area contributed by atoms with Crippen LogP contribution in [0.25, 0.3) is 11.1 Å². The fourth-order valence-electron chi connectivity index (χ4n) is 4.35. The predicted molar refractivity (Wildman–Crippen MR) is 140 cm³/mol. The van der Waals surface area contributed by atoms with Gasteiger partial charge in [-0.15, -0.1) is 0 Å². The lowest BCUT2D eigenvalue weighted by Crippen LogP contribution is -2.35. The molecule has 1 unspecified atom stereocenters. The van der Waals surface area contributed by atoms with Gasteiger partial charge in [-0.2, -0.15) is 0 Å². The van der Waals surface area contributed by atoms with Crippen LogP contribution >= 0.6 is 15.9 Å². The van der Waals surface area contributed by atoms with Gasteiger partial charge in [0.25, 0.3) is 0 Å². The number of halogens is 1. The minimum Gasteiger partial charge on any atom is -0.490 e. The van der Waals surface area contributed by atoms with Gasteiger partial charge in [0.15, 0.2) is 17.5 Å². The molecule has 0 radical (unpaired) electrons. The van der Waals surface area contributed by atoms with Crippen LogP contribution in [0.3, 0.4) is 0 Å².